The zero-order chi connectivity index (χ0) is 12.1. The molecule has 0 aliphatic carbocycles. The fourth-order valence-corrected chi connectivity index (χ4v) is 1.14. The van der Waals surface area contributed by atoms with Crippen molar-refractivity contribution < 1.29 is 14.8 Å². The van der Waals surface area contributed by atoms with Crippen LogP contribution in [0.3, 0.4) is 0 Å². The van der Waals surface area contributed by atoms with Gasteiger partial charge in [0, 0.05) is 0 Å². The van der Waals surface area contributed by atoms with Crippen molar-refractivity contribution in [3.63, 3.8) is 0 Å². The monoisotopic (exact) mass is 221 g/mol. The number of anilines is 1. The number of carboxylic acids is 1. The highest BCUT2D eigenvalue weighted by Gasteiger charge is 2.19. The Bertz CT molecular complexity index is 478. The molecule has 0 radical (unpaired) electrons. The predicted molar refractivity (Wildman–Crippen MR) is 53.9 cm³/mol. The summed E-state index contributed by atoms with van der Waals surface area (Å²) in [5.74, 6) is -1.14. The number of nitriles is 1. The van der Waals surface area contributed by atoms with Crippen molar-refractivity contribution in [1.82, 2.24) is 0 Å². The number of carbonyl (C=O) groups is 1. The molecule has 0 spiro atoms. The molecule has 1 aromatic carbocycles. The molecule has 2 N–H and O–H groups in total. The van der Waals surface area contributed by atoms with Crippen molar-refractivity contribution in [3.8, 4) is 6.07 Å². The van der Waals surface area contributed by atoms with Crippen LogP contribution in [0.4, 0.5) is 11.4 Å². The Morgan fingerprint density at radius 1 is 1.62 bits per heavy atom. The van der Waals surface area contributed by atoms with Crippen molar-refractivity contribution in [2.75, 3.05) is 11.9 Å². The Balaban J connectivity index is 3.13. The lowest BCUT2D eigenvalue weighted by Gasteiger charge is -2.04. The molecule has 0 aromatic heterocycles. The van der Waals surface area contributed by atoms with E-state index in [2.05, 4.69) is 5.32 Å². The lowest BCUT2D eigenvalue weighted by atomic mass is 10.1. The first-order valence-electron chi connectivity index (χ1n) is 4.19. The number of benzene rings is 1. The predicted octanol–water partition coefficient (Wildman–Crippen LogP) is 0.963. The van der Waals surface area contributed by atoms with Gasteiger partial charge in [-0.05, 0) is 12.1 Å². The molecule has 0 atom stereocenters. The van der Waals surface area contributed by atoms with E-state index in [9.17, 15) is 14.9 Å². The maximum absolute atomic E-state index is 10.7. The summed E-state index contributed by atoms with van der Waals surface area (Å²) >= 11 is 0. The van der Waals surface area contributed by atoms with E-state index in [4.69, 9.17) is 10.4 Å². The molecular weight excluding hydrogens is 214 g/mol. The van der Waals surface area contributed by atoms with E-state index in [-0.39, 0.29) is 11.3 Å². The van der Waals surface area contributed by atoms with Crippen LogP contribution in [0.1, 0.15) is 5.56 Å². The van der Waals surface area contributed by atoms with Crippen LogP contribution in [0, 0.1) is 21.4 Å². The molecular formula is C9H7N3O4. The van der Waals surface area contributed by atoms with Crippen molar-refractivity contribution >= 4 is 17.3 Å². The normalized spacial score (nSPS) is 9.19. The molecule has 0 saturated carbocycles. The maximum atomic E-state index is 10.7. The van der Waals surface area contributed by atoms with Crippen LogP contribution in [0.2, 0.25) is 0 Å². The van der Waals surface area contributed by atoms with Crippen LogP contribution < -0.4 is 5.32 Å². The zero-order valence-electron chi connectivity index (χ0n) is 8.01. The van der Waals surface area contributed by atoms with Gasteiger partial charge in [-0.1, -0.05) is 6.07 Å². The largest absolute Gasteiger partial charge is 0.480 e. The molecule has 0 heterocycles. The van der Waals surface area contributed by atoms with Crippen LogP contribution in [0.25, 0.3) is 0 Å². The molecule has 16 heavy (non-hydrogen) atoms. The molecule has 0 fully saturated rings. The fraction of sp³-hybridized carbons (Fsp3) is 0.111. The number of hydrogen-bond acceptors (Lipinski definition) is 5. The standard InChI is InChI=1S/C9H7N3O4/c10-4-6-2-1-3-7(9(6)12(15)16)11-5-8(13)14/h1-3,11H,5H2,(H,13,14). The van der Waals surface area contributed by atoms with Gasteiger partial charge in [0.2, 0.25) is 0 Å². The van der Waals surface area contributed by atoms with Gasteiger partial charge >= 0.3 is 11.7 Å². The summed E-state index contributed by atoms with van der Waals surface area (Å²) in [7, 11) is 0. The van der Waals surface area contributed by atoms with Gasteiger partial charge in [0.1, 0.15) is 23.9 Å². The smallest absolute Gasteiger partial charge is 0.322 e. The van der Waals surface area contributed by atoms with Gasteiger partial charge in [-0.3, -0.25) is 14.9 Å². The second-order valence-corrected chi connectivity index (χ2v) is 2.82. The van der Waals surface area contributed by atoms with Gasteiger partial charge in [0.05, 0.1) is 4.92 Å². The van der Waals surface area contributed by atoms with Crippen LogP contribution in [-0.2, 0) is 4.79 Å². The van der Waals surface area contributed by atoms with Gasteiger partial charge in [0.25, 0.3) is 0 Å². The molecule has 7 nitrogen and oxygen atoms in total. The minimum atomic E-state index is -1.14. The first-order valence-corrected chi connectivity index (χ1v) is 4.19. The third kappa shape index (κ3) is 2.45. The molecule has 0 amide bonds. The van der Waals surface area contributed by atoms with Gasteiger partial charge in [-0.25, -0.2) is 0 Å². The van der Waals surface area contributed by atoms with E-state index in [1.807, 2.05) is 0 Å². The summed E-state index contributed by atoms with van der Waals surface area (Å²) in [6, 6.07) is 5.76. The molecule has 0 aliphatic rings. The van der Waals surface area contributed by atoms with Crippen LogP contribution in [0.5, 0.6) is 0 Å². The summed E-state index contributed by atoms with van der Waals surface area (Å²) in [6.07, 6.45) is 0. The van der Waals surface area contributed by atoms with Crippen LogP contribution in [0.15, 0.2) is 18.2 Å². The molecule has 1 aromatic rings. The van der Waals surface area contributed by atoms with Gasteiger partial charge < -0.3 is 10.4 Å². The van der Waals surface area contributed by atoms with Crippen LogP contribution >= 0.6 is 0 Å². The van der Waals surface area contributed by atoms with E-state index in [1.165, 1.54) is 18.2 Å². The highest BCUT2D eigenvalue weighted by molar-refractivity contribution is 5.76. The molecule has 1 rings (SSSR count). The number of nitrogens with zero attached hydrogens (tertiary/aromatic N) is 2. The molecule has 7 heteroatoms. The van der Waals surface area contributed by atoms with Crippen molar-refractivity contribution in [1.29, 1.82) is 5.26 Å². The van der Waals surface area contributed by atoms with Gasteiger partial charge in [-0.15, -0.1) is 0 Å². The molecule has 0 bridgehead atoms. The number of carboxylic acid groups (broad SMARTS) is 1. The zero-order valence-corrected chi connectivity index (χ0v) is 8.01. The van der Waals surface area contributed by atoms with E-state index >= 15 is 0 Å². The summed E-state index contributed by atoms with van der Waals surface area (Å²) in [5.41, 5.74) is -0.502. The van der Waals surface area contributed by atoms with Crippen molar-refractivity contribution in [3.05, 3.63) is 33.9 Å². The number of nitrogens with one attached hydrogen (secondary N) is 1. The third-order valence-corrected chi connectivity index (χ3v) is 1.77. The minimum absolute atomic E-state index is 0.0199. The molecule has 0 aliphatic heterocycles. The van der Waals surface area contributed by atoms with Crippen molar-refractivity contribution in [2.45, 2.75) is 0 Å². The number of para-hydroxylation sites is 1. The van der Waals surface area contributed by atoms with E-state index < -0.39 is 23.1 Å². The molecule has 0 unspecified atom stereocenters. The second kappa shape index (κ2) is 4.75. The Morgan fingerprint density at radius 3 is 2.81 bits per heavy atom. The quantitative estimate of drug-likeness (QED) is 0.577. The Kier molecular flexibility index (Phi) is 3.40. The lowest BCUT2D eigenvalue weighted by Crippen LogP contribution is -2.13. The maximum Gasteiger partial charge on any atom is 0.322 e. The highest BCUT2D eigenvalue weighted by Crippen LogP contribution is 2.27. The number of nitro benzene ring substituents is 1. The average molecular weight is 221 g/mol. The fourth-order valence-electron chi connectivity index (χ4n) is 1.14. The van der Waals surface area contributed by atoms with E-state index in [1.54, 1.807) is 6.07 Å². The number of hydrogen-bond donors (Lipinski definition) is 2. The highest BCUT2D eigenvalue weighted by atomic mass is 16.6. The summed E-state index contributed by atoms with van der Waals surface area (Å²) in [5, 5.41) is 30.2. The minimum Gasteiger partial charge on any atom is -0.480 e. The SMILES string of the molecule is N#Cc1cccc(NCC(=O)O)c1[N+](=O)[O-]. The summed E-state index contributed by atoms with van der Waals surface area (Å²) in [4.78, 5) is 20.3. The lowest BCUT2D eigenvalue weighted by molar-refractivity contribution is -0.384. The van der Waals surface area contributed by atoms with Crippen LogP contribution in [-0.4, -0.2) is 22.5 Å². The topological polar surface area (TPSA) is 116 Å². The number of nitro groups is 1. The first kappa shape index (κ1) is 11.5. The Hall–Kier alpha value is -2.62. The third-order valence-electron chi connectivity index (χ3n) is 1.77. The van der Waals surface area contributed by atoms with Crippen molar-refractivity contribution in [2.24, 2.45) is 0 Å². The second-order valence-electron chi connectivity index (χ2n) is 2.82. The molecule has 0 saturated heterocycles. The molecule has 82 valence electrons. The van der Waals surface area contributed by atoms with Gasteiger partial charge in [-0.2, -0.15) is 5.26 Å². The number of rotatable bonds is 4. The summed E-state index contributed by atoms with van der Waals surface area (Å²) in [6.45, 7) is -0.449. The van der Waals surface area contributed by atoms with E-state index in [0.717, 1.165) is 0 Å². The Labute approximate surface area is 90.1 Å². The van der Waals surface area contributed by atoms with E-state index in [0.29, 0.717) is 0 Å². The average Bonchev–Trinajstić information content (AvgIpc) is 2.25. The Morgan fingerprint density at radius 2 is 2.31 bits per heavy atom. The summed E-state index contributed by atoms with van der Waals surface area (Å²) < 4.78 is 0. The van der Waals surface area contributed by atoms with Gasteiger partial charge in [0.15, 0.2) is 0 Å². The number of aliphatic carboxylic acids is 1. The first-order chi connectivity index (χ1) is 7.56.